The lowest BCUT2D eigenvalue weighted by atomic mass is 10.3. The first-order valence-corrected chi connectivity index (χ1v) is 6.90. The number of morpholine rings is 1. The molecule has 1 aromatic heterocycles. The van der Waals surface area contributed by atoms with Gasteiger partial charge in [0.15, 0.2) is 5.69 Å². The molecule has 8 heteroatoms. The highest BCUT2D eigenvalue weighted by molar-refractivity contribution is 5.86. The van der Waals surface area contributed by atoms with Crippen LogP contribution in [0.3, 0.4) is 0 Å². The van der Waals surface area contributed by atoms with Crippen LogP contribution in [0.5, 0.6) is 0 Å². The van der Waals surface area contributed by atoms with Crippen molar-refractivity contribution in [1.82, 2.24) is 14.9 Å². The number of carboxylic acids is 1. The predicted molar refractivity (Wildman–Crippen MR) is 79.1 cm³/mol. The summed E-state index contributed by atoms with van der Waals surface area (Å²) in [6.45, 7) is 4.05. The predicted octanol–water partition coefficient (Wildman–Crippen LogP) is -0.0151. The zero-order valence-electron chi connectivity index (χ0n) is 12.4. The highest BCUT2D eigenvalue weighted by Gasteiger charge is 2.17. The van der Waals surface area contributed by atoms with E-state index < -0.39 is 5.97 Å². The molecule has 116 valence electrons. The fraction of sp³-hybridized carbons (Fsp3) is 0.615. The van der Waals surface area contributed by atoms with Crippen LogP contribution < -0.4 is 10.2 Å². The summed E-state index contributed by atoms with van der Waals surface area (Å²) in [7, 11) is 3.95. The summed E-state index contributed by atoms with van der Waals surface area (Å²) in [6.07, 6.45) is 0. The van der Waals surface area contributed by atoms with Gasteiger partial charge in [0.2, 0.25) is 5.95 Å². The number of ether oxygens (including phenoxy) is 1. The molecule has 0 unspecified atom stereocenters. The molecule has 2 rings (SSSR count). The van der Waals surface area contributed by atoms with Gasteiger partial charge in [-0.2, -0.15) is 4.98 Å². The second-order valence-electron chi connectivity index (χ2n) is 5.07. The van der Waals surface area contributed by atoms with E-state index in [2.05, 4.69) is 15.3 Å². The van der Waals surface area contributed by atoms with Crippen molar-refractivity contribution >= 4 is 17.7 Å². The Labute approximate surface area is 123 Å². The maximum absolute atomic E-state index is 11.2. The molecular formula is C13H21N5O3. The van der Waals surface area contributed by atoms with Crippen LogP contribution in [0.25, 0.3) is 0 Å². The van der Waals surface area contributed by atoms with Gasteiger partial charge in [0.1, 0.15) is 5.82 Å². The standard InChI is InChI=1S/C13H21N5O3/c1-17(2)4-3-14-11-9-10(12(19)20)15-13(16-11)18-5-7-21-8-6-18/h9H,3-8H2,1-2H3,(H,19,20)(H,14,15,16). The topological polar surface area (TPSA) is 90.8 Å². The Morgan fingerprint density at radius 3 is 2.76 bits per heavy atom. The monoisotopic (exact) mass is 295 g/mol. The number of carboxylic acid groups (broad SMARTS) is 1. The average molecular weight is 295 g/mol. The van der Waals surface area contributed by atoms with Crippen molar-refractivity contribution in [1.29, 1.82) is 0 Å². The number of likely N-dealkylation sites (N-methyl/N-ethyl adjacent to an activating group) is 1. The maximum Gasteiger partial charge on any atom is 0.354 e. The second kappa shape index (κ2) is 7.19. The van der Waals surface area contributed by atoms with Crippen molar-refractivity contribution in [2.45, 2.75) is 0 Å². The van der Waals surface area contributed by atoms with Gasteiger partial charge in [0.25, 0.3) is 0 Å². The fourth-order valence-corrected chi connectivity index (χ4v) is 1.95. The first-order valence-electron chi connectivity index (χ1n) is 6.90. The van der Waals surface area contributed by atoms with Gasteiger partial charge in [-0.05, 0) is 14.1 Å². The first-order chi connectivity index (χ1) is 10.1. The van der Waals surface area contributed by atoms with Crippen LogP contribution in [0.4, 0.5) is 11.8 Å². The Hall–Kier alpha value is -1.93. The van der Waals surface area contributed by atoms with E-state index in [4.69, 9.17) is 4.74 Å². The lowest BCUT2D eigenvalue weighted by Gasteiger charge is -2.27. The van der Waals surface area contributed by atoms with Crippen molar-refractivity contribution in [3.8, 4) is 0 Å². The molecule has 1 aliphatic heterocycles. The van der Waals surface area contributed by atoms with Gasteiger partial charge in [-0.3, -0.25) is 0 Å². The number of aromatic carboxylic acids is 1. The van der Waals surface area contributed by atoms with Crippen LogP contribution >= 0.6 is 0 Å². The number of hydrogen-bond donors (Lipinski definition) is 2. The molecule has 0 saturated carbocycles. The second-order valence-corrected chi connectivity index (χ2v) is 5.07. The number of rotatable bonds is 6. The quantitative estimate of drug-likeness (QED) is 0.757. The van der Waals surface area contributed by atoms with Gasteiger partial charge >= 0.3 is 5.97 Å². The maximum atomic E-state index is 11.2. The minimum atomic E-state index is -1.05. The zero-order valence-corrected chi connectivity index (χ0v) is 12.4. The van der Waals surface area contributed by atoms with Gasteiger partial charge < -0.3 is 25.0 Å². The molecule has 21 heavy (non-hydrogen) atoms. The highest BCUT2D eigenvalue weighted by Crippen LogP contribution is 2.15. The van der Waals surface area contributed by atoms with Crippen molar-refractivity contribution in [2.24, 2.45) is 0 Å². The molecule has 1 aromatic rings. The number of hydrogen-bond acceptors (Lipinski definition) is 7. The van der Waals surface area contributed by atoms with Crippen molar-refractivity contribution < 1.29 is 14.6 Å². The molecule has 0 atom stereocenters. The van der Waals surface area contributed by atoms with E-state index in [9.17, 15) is 9.90 Å². The van der Waals surface area contributed by atoms with Gasteiger partial charge in [-0.15, -0.1) is 0 Å². The molecular weight excluding hydrogens is 274 g/mol. The van der Waals surface area contributed by atoms with Crippen LogP contribution in [0, 0.1) is 0 Å². The fourth-order valence-electron chi connectivity index (χ4n) is 1.95. The molecule has 1 fully saturated rings. The molecule has 0 spiro atoms. The molecule has 2 N–H and O–H groups in total. The van der Waals surface area contributed by atoms with Gasteiger partial charge in [0.05, 0.1) is 13.2 Å². The number of carbonyl (C=O) groups is 1. The smallest absolute Gasteiger partial charge is 0.354 e. The van der Waals surface area contributed by atoms with Crippen molar-refractivity contribution in [2.75, 3.05) is 63.7 Å². The molecule has 8 nitrogen and oxygen atoms in total. The molecule has 1 saturated heterocycles. The SMILES string of the molecule is CN(C)CCNc1cc(C(=O)O)nc(N2CCOCC2)n1. The number of aromatic nitrogens is 2. The van der Waals surface area contributed by atoms with Crippen LogP contribution in [0.2, 0.25) is 0 Å². The van der Waals surface area contributed by atoms with Crippen LogP contribution in [0.15, 0.2) is 6.07 Å². The molecule has 0 amide bonds. The zero-order chi connectivity index (χ0) is 15.2. The summed E-state index contributed by atoms with van der Waals surface area (Å²) in [6, 6.07) is 1.46. The minimum absolute atomic E-state index is 0.00107. The largest absolute Gasteiger partial charge is 0.477 e. The Bertz CT molecular complexity index is 489. The average Bonchev–Trinajstić information content (AvgIpc) is 2.47. The lowest BCUT2D eigenvalue weighted by molar-refractivity contribution is 0.0690. The first kappa shape index (κ1) is 15.5. The van der Waals surface area contributed by atoms with Crippen molar-refractivity contribution in [3.05, 3.63) is 11.8 Å². The lowest BCUT2D eigenvalue weighted by Crippen LogP contribution is -2.37. The summed E-state index contributed by atoms with van der Waals surface area (Å²) >= 11 is 0. The van der Waals surface area contributed by atoms with Gasteiger partial charge in [-0.25, -0.2) is 9.78 Å². The third kappa shape index (κ3) is 4.54. The molecule has 0 aromatic carbocycles. The van der Waals surface area contributed by atoms with E-state index in [0.717, 1.165) is 6.54 Å². The molecule has 1 aliphatic rings. The molecule has 0 aliphatic carbocycles. The minimum Gasteiger partial charge on any atom is -0.477 e. The summed E-state index contributed by atoms with van der Waals surface area (Å²) in [4.78, 5) is 23.7. The van der Waals surface area contributed by atoms with Crippen LogP contribution in [-0.4, -0.2) is 79.4 Å². The Morgan fingerprint density at radius 1 is 1.43 bits per heavy atom. The van der Waals surface area contributed by atoms with E-state index >= 15 is 0 Å². The van der Waals surface area contributed by atoms with Crippen LogP contribution in [-0.2, 0) is 4.74 Å². The normalized spacial score (nSPS) is 15.3. The molecule has 2 heterocycles. The number of nitrogens with one attached hydrogen (secondary N) is 1. The Kier molecular flexibility index (Phi) is 5.29. The van der Waals surface area contributed by atoms with Gasteiger partial charge in [-0.1, -0.05) is 0 Å². The summed E-state index contributed by atoms with van der Waals surface area (Å²) in [5, 5.41) is 12.3. The Balaban J connectivity index is 2.15. The number of anilines is 2. The van der Waals surface area contributed by atoms with E-state index in [1.807, 2.05) is 23.9 Å². The molecule has 0 bridgehead atoms. The third-order valence-electron chi connectivity index (χ3n) is 3.09. The number of nitrogens with zero attached hydrogens (tertiary/aromatic N) is 4. The summed E-state index contributed by atoms with van der Waals surface area (Å²) in [5.74, 6) is -0.0844. The van der Waals surface area contributed by atoms with E-state index in [-0.39, 0.29) is 5.69 Å². The van der Waals surface area contributed by atoms with E-state index in [1.54, 1.807) is 0 Å². The van der Waals surface area contributed by atoms with E-state index in [1.165, 1.54) is 6.07 Å². The highest BCUT2D eigenvalue weighted by atomic mass is 16.5. The molecule has 0 radical (unpaired) electrons. The summed E-state index contributed by atoms with van der Waals surface area (Å²) in [5.41, 5.74) is -0.00107. The van der Waals surface area contributed by atoms with Crippen molar-refractivity contribution in [3.63, 3.8) is 0 Å². The van der Waals surface area contributed by atoms with Crippen LogP contribution in [0.1, 0.15) is 10.5 Å². The Morgan fingerprint density at radius 2 is 2.14 bits per heavy atom. The van der Waals surface area contributed by atoms with E-state index in [0.29, 0.717) is 44.6 Å². The third-order valence-corrected chi connectivity index (χ3v) is 3.09. The van der Waals surface area contributed by atoms with Gasteiger partial charge in [0, 0.05) is 32.2 Å². The summed E-state index contributed by atoms with van der Waals surface area (Å²) < 4.78 is 5.29.